The van der Waals surface area contributed by atoms with Crippen LogP contribution in [0.15, 0.2) is 42.9 Å². The van der Waals surface area contributed by atoms with Crippen molar-refractivity contribution in [3.05, 3.63) is 48.4 Å². The van der Waals surface area contributed by atoms with Crippen molar-refractivity contribution in [3.8, 4) is 11.6 Å². The minimum atomic E-state index is -0.339. The number of nitrogens with zero attached hydrogens (tertiary/aromatic N) is 3. The highest BCUT2D eigenvalue weighted by atomic mass is 16.5. The number of likely N-dealkylation sites (tertiary alicyclic amines) is 1. The topological polar surface area (TPSA) is 76.6 Å². The Bertz CT molecular complexity index is 709. The predicted molar refractivity (Wildman–Crippen MR) is 102 cm³/mol. The molecule has 0 bridgehead atoms. The van der Waals surface area contributed by atoms with E-state index in [1.165, 1.54) is 18.4 Å². The van der Waals surface area contributed by atoms with Crippen LogP contribution >= 0.6 is 0 Å². The first-order chi connectivity index (χ1) is 13.2. The maximum atomic E-state index is 11.6. The highest BCUT2D eigenvalue weighted by molar-refractivity contribution is 5.66. The summed E-state index contributed by atoms with van der Waals surface area (Å²) in [7, 11) is 0. The fourth-order valence-corrected chi connectivity index (χ4v) is 3.18. The first-order valence-corrected chi connectivity index (χ1v) is 9.42. The summed E-state index contributed by atoms with van der Waals surface area (Å²) < 4.78 is 11.0. The van der Waals surface area contributed by atoms with Gasteiger partial charge in [0.05, 0.1) is 6.20 Å². The molecular formula is C20H26N4O3. The van der Waals surface area contributed by atoms with Crippen LogP contribution in [0.25, 0.3) is 0 Å². The number of rotatable bonds is 7. The Morgan fingerprint density at radius 2 is 2.11 bits per heavy atom. The van der Waals surface area contributed by atoms with Gasteiger partial charge in [0.1, 0.15) is 12.4 Å². The average molecular weight is 370 g/mol. The molecule has 1 aliphatic rings. The van der Waals surface area contributed by atoms with Crippen LogP contribution in [0.4, 0.5) is 4.79 Å². The van der Waals surface area contributed by atoms with Crippen molar-refractivity contribution in [2.45, 2.75) is 38.8 Å². The van der Waals surface area contributed by atoms with E-state index in [0.717, 1.165) is 25.3 Å². The molecule has 144 valence electrons. The van der Waals surface area contributed by atoms with Gasteiger partial charge < -0.3 is 14.8 Å². The van der Waals surface area contributed by atoms with E-state index in [9.17, 15) is 4.79 Å². The zero-order chi connectivity index (χ0) is 18.9. The molecular weight excluding hydrogens is 344 g/mol. The summed E-state index contributed by atoms with van der Waals surface area (Å²) in [6.07, 6.45) is 7.85. The van der Waals surface area contributed by atoms with Gasteiger partial charge in [-0.1, -0.05) is 18.6 Å². The Kier molecular flexibility index (Phi) is 6.98. The van der Waals surface area contributed by atoms with E-state index >= 15 is 0 Å². The predicted octanol–water partition coefficient (Wildman–Crippen LogP) is 3.37. The van der Waals surface area contributed by atoms with Gasteiger partial charge in [-0.2, -0.15) is 0 Å². The Hall–Kier alpha value is -2.67. The Morgan fingerprint density at radius 1 is 1.26 bits per heavy atom. The van der Waals surface area contributed by atoms with Crippen LogP contribution in [-0.4, -0.2) is 46.7 Å². The lowest BCUT2D eigenvalue weighted by molar-refractivity contribution is 0.0642. The number of benzene rings is 1. The van der Waals surface area contributed by atoms with Gasteiger partial charge in [0.2, 0.25) is 5.88 Å². The number of hydrogen-bond acceptors (Lipinski definition) is 6. The van der Waals surface area contributed by atoms with Gasteiger partial charge in [0.15, 0.2) is 0 Å². The second-order valence-corrected chi connectivity index (χ2v) is 6.54. The quantitative estimate of drug-likeness (QED) is 0.805. The van der Waals surface area contributed by atoms with Crippen molar-refractivity contribution in [1.29, 1.82) is 0 Å². The molecule has 0 radical (unpaired) electrons. The SMILES string of the molecule is CCNC(=O)OCC1CCCCN1Cc1ccc(Oc2cnccn2)cc1. The van der Waals surface area contributed by atoms with E-state index in [1.807, 2.05) is 19.1 Å². The molecule has 1 aromatic carbocycles. The normalized spacial score (nSPS) is 17.3. The minimum Gasteiger partial charge on any atom is -0.448 e. The molecule has 1 aliphatic heterocycles. The summed E-state index contributed by atoms with van der Waals surface area (Å²) >= 11 is 0. The fraction of sp³-hybridized carbons (Fsp3) is 0.450. The van der Waals surface area contributed by atoms with Gasteiger partial charge in [0.25, 0.3) is 0 Å². The van der Waals surface area contributed by atoms with Crippen LogP contribution in [0.2, 0.25) is 0 Å². The van der Waals surface area contributed by atoms with Crippen LogP contribution < -0.4 is 10.1 Å². The molecule has 1 unspecified atom stereocenters. The molecule has 0 aliphatic carbocycles. The molecule has 0 saturated carbocycles. The highest BCUT2D eigenvalue weighted by Gasteiger charge is 2.23. The third-order valence-corrected chi connectivity index (χ3v) is 4.55. The van der Waals surface area contributed by atoms with E-state index in [2.05, 4.69) is 32.3 Å². The van der Waals surface area contributed by atoms with E-state index in [0.29, 0.717) is 19.0 Å². The van der Waals surface area contributed by atoms with Gasteiger partial charge >= 0.3 is 6.09 Å². The van der Waals surface area contributed by atoms with Gasteiger partial charge in [-0.3, -0.25) is 9.88 Å². The van der Waals surface area contributed by atoms with Crippen molar-refractivity contribution >= 4 is 6.09 Å². The lowest BCUT2D eigenvalue weighted by Crippen LogP contribution is -2.43. The fourth-order valence-electron chi connectivity index (χ4n) is 3.18. The Balaban J connectivity index is 1.55. The van der Waals surface area contributed by atoms with Crippen molar-refractivity contribution in [2.24, 2.45) is 0 Å². The van der Waals surface area contributed by atoms with Crippen molar-refractivity contribution in [2.75, 3.05) is 19.7 Å². The zero-order valence-corrected chi connectivity index (χ0v) is 15.6. The van der Waals surface area contributed by atoms with Crippen LogP contribution in [0, 0.1) is 0 Å². The van der Waals surface area contributed by atoms with Crippen LogP contribution in [0.5, 0.6) is 11.6 Å². The smallest absolute Gasteiger partial charge is 0.407 e. The zero-order valence-electron chi connectivity index (χ0n) is 15.6. The largest absolute Gasteiger partial charge is 0.448 e. The molecule has 1 N–H and O–H groups in total. The average Bonchev–Trinajstić information content (AvgIpc) is 2.70. The first-order valence-electron chi connectivity index (χ1n) is 9.42. The number of piperidine rings is 1. The molecule has 2 aromatic rings. The number of nitrogens with one attached hydrogen (secondary N) is 1. The van der Waals surface area contributed by atoms with E-state index in [4.69, 9.17) is 9.47 Å². The number of alkyl carbamates (subject to hydrolysis) is 1. The summed E-state index contributed by atoms with van der Waals surface area (Å²) in [5.41, 5.74) is 1.20. The van der Waals surface area contributed by atoms with Gasteiger partial charge in [-0.05, 0) is 44.0 Å². The second-order valence-electron chi connectivity index (χ2n) is 6.54. The molecule has 1 fully saturated rings. The molecule has 3 rings (SSSR count). The lowest BCUT2D eigenvalue weighted by Gasteiger charge is -2.35. The standard InChI is InChI=1S/C20H26N4O3/c1-2-22-20(25)26-15-17-5-3-4-12-24(17)14-16-6-8-18(9-7-16)27-19-13-21-10-11-23-19/h6-11,13,17H,2-5,12,14-15H2,1H3,(H,22,25). The van der Waals surface area contributed by atoms with Crippen molar-refractivity contribution in [3.63, 3.8) is 0 Å². The highest BCUT2D eigenvalue weighted by Crippen LogP contribution is 2.23. The van der Waals surface area contributed by atoms with Crippen LogP contribution in [0.1, 0.15) is 31.7 Å². The number of hydrogen-bond donors (Lipinski definition) is 1. The van der Waals surface area contributed by atoms with E-state index in [1.54, 1.807) is 18.6 Å². The first kappa shape index (κ1) is 19.1. The third-order valence-electron chi connectivity index (χ3n) is 4.55. The number of aromatic nitrogens is 2. The third kappa shape index (κ3) is 5.92. The maximum absolute atomic E-state index is 11.6. The van der Waals surface area contributed by atoms with Crippen molar-refractivity contribution < 1.29 is 14.3 Å². The summed E-state index contributed by atoms with van der Waals surface area (Å²) in [4.78, 5) is 22.1. The Labute approximate surface area is 159 Å². The van der Waals surface area contributed by atoms with E-state index in [-0.39, 0.29) is 12.1 Å². The lowest BCUT2D eigenvalue weighted by atomic mass is 10.0. The van der Waals surface area contributed by atoms with Crippen LogP contribution in [0.3, 0.4) is 0 Å². The molecule has 1 saturated heterocycles. The number of amides is 1. The summed E-state index contributed by atoms with van der Waals surface area (Å²) in [6.45, 7) is 4.73. The Morgan fingerprint density at radius 3 is 2.85 bits per heavy atom. The molecule has 7 heteroatoms. The van der Waals surface area contributed by atoms with Gasteiger partial charge in [-0.25, -0.2) is 9.78 Å². The monoisotopic (exact) mass is 370 g/mol. The molecule has 7 nitrogen and oxygen atoms in total. The van der Waals surface area contributed by atoms with Gasteiger partial charge in [-0.15, -0.1) is 0 Å². The molecule has 0 spiro atoms. The minimum absolute atomic E-state index is 0.261. The number of carbonyl (C=O) groups is 1. The molecule has 1 atom stereocenters. The second kappa shape index (κ2) is 9.87. The van der Waals surface area contributed by atoms with Gasteiger partial charge in [0, 0.05) is 31.5 Å². The summed E-state index contributed by atoms with van der Waals surface area (Å²) in [5.74, 6) is 1.21. The summed E-state index contributed by atoms with van der Waals surface area (Å²) in [6, 6.07) is 8.25. The van der Waals surface area contributed by atoms with Crippen LogP contribution in [-0.2, 0) is 11.3 Å². The number of ether oxygens (including phenoxy) is 2. The summed E-state index contributed by atoms with van der Waals surface area (Å²) in [5, 5.41) is 2.67. The molecule has 1 aromatic heterocycles. The number of carbonyl (C=O) groups excluding carboxylic acids is 1. The maximum Gasteiger partial charge on any atom is 0.407 e. The molecule has 2 heterocycles. The molecule has 1 amide bonds. The van der Waals surface area contributed by atoms with E-state index < -0.39 is 0 Å². The van der Waals surface area contributed by atoms with Crippen molar-refractivity contribution in [1.82, 2.24) is 20.2 Å². The molecule has 27 heavy (non-hydrogen) atoms.